The first kappa shape index (κ1) is 22.1. The lowest BCUT2D eigenvalue weighted by Crippen LogP contribution is -2.36. The van der Waals surface area contributed by atoms with Crippen LogP contribution in [0.1, 0.15) is 6.42 Å². The number of methoxy groups -OCH3 is 1. The summed E-state index contributed by atoms with van der Waals surface area (Å²) in [4.78, 5) is 16.8. The Hall–Kier alpha value is -2.58. The van der Waals surface area contributed by atoms with Gasteiger partial charge in [-0.3, -0.25) is 9.69 Å². The van der Waals surface area contributed by atoms with Crippen molar-refractivity contribution < 1.29 is 23.0 Å². The second-order valence-corrected chi connectivity index (χ2v) is 7.29. The summed E-state index contributed by atoms with van der Waals surface area (Å²) in [6.45, 7) is 0.562. The fraction of sp³-hybridized carbons (Fsp3) is 0.381. The summed E-state index contributed by atoms with van der Waals surface area (Å²) < 4.78 is 34.1. The molecular formula is C21H24ClF2N3O3. The van der Waals surface area contributed by atoms with E-state index in [4.69, 9.17) is 16.3 Å². The molecule has 0 radical (unpaired) electrons. The third-order valence-corrected chi connectivity index (χ3v) is 5.12. The number of ether oxygens (including phenoxy) is 2. The molecule has 162 valence electrons. The van der Waals surface area contributed by atoms with E-state index in [1.807, 2.05) is 24.3 Å². The van der Waals surface area contributed by atoms with Crippen LogP contribution in [0.25, 0.3) is 0 Å². The molecule has 1 N–H and O–H groups in total. The van der Waals surface area contributed by atoms with Crippen LogP contribution in [0, 0.1) is 0 Å². The van der Waals surface area contributed by atoms with Gasteiger partial charge in [0.15, 0.2) is 0 Å². The number of hydrogen-bond acceptors (Lipinski definition) is 5. The van der Waals surface area contributed by atoms with Gasteiger partial charge in [-0.25, -0.2) is 0 Å². The molecular weight excluding hydrogens is 416 g/mol. The average Bonchev–Trinajstić information content (AvgIpc) is 2.95. The Bertz CT molecular complexity index is 852. The van der Waals surface area contributed by atoms with Crippen LogP contribution in [-0.4, -0.2) is 57.3 Å². The molecule has 0 saturated carbocycles. The number of halogens is 3. The van der Waals surface area contributed by atoms with Crippen molar-refractivity contribution in [1.29, 1.82) is 0 Å². The Morgan fingerprint density at radius 3 is 2.57 bits per heavy atom. The van der Waals surface area contributed by atoms with E-state index in [1.54, 1.807) is 7.11 Å². The standard InChI is InChI=1S/C21H24ClF2N3O3/c1-29-17-6-4-16(5-7-17)27-10-2-9-26(11-12-27)14-20(28)25-15-3-8-19(18(22)13-15)30-21(23)24/h3-8,13,21H,2,9-12,14H2,1H3,(H,25,28). The monoisotopic (exact) mass is 439 g/mol. The number of carbonyl (C=O) groups excluding carboxylic acids is 1. The third-order valence-electron chi connectivity index (χ3n) is 4.82. The van der Waals surface area contributed by atoms with Crippen LogP contribution in [0.5, 0.6) is 11.5 Å². The molecule has 2 aromatic rings. The van der Waals surface area contributed by atoms with Crippen molar-refractivity contribution in [2.75, 3.05) is 50.1 Å². The number of carbonyl (C=O) groups is 1. The van der Waals surface area contributed by atoms with Crippen molar-refractivity contribution >= 4 is 28.9 Å². The normalized spacial score (nSPS) is 15.0. The summed E-state index contributed by atoms with van der Waals surface area (Å²) in [5.41, 5.74) is 1.56. The van der Waals surface area contributed by atoms with E-state index in [0.717, 1.165) is 44.0 Å². The van der Waals surface area contributed by atoms with E-state index in [-0.39, 0.29) is 23.2 Å². The molecule has 0 aromatic heterocycles. The summed E-state index contributed by atoms with van der Waals surface area (Å²) in [5.74, 6) is 0.503. The molecule has 1 fully saturated rings. The molecule has 6 nitrogen and oxygen atoms in total. The molecule has 0 unspecified atom stereocenters. The first-order valence-electron chi connectivity index (χ1n) is 9.60. The highest BCUT2D eigenvalue weighted by molar-refractivity contribution is 6.32. The predicted octanol–water partition coefficient (Wildman–Crippen LogP) is 4.10. The van der Waals surface area contributed by atoms with Crippen molar-refractivity contribution in [3.05, 3.63) is 47.5 Å². The minimum atomic E-state index is -2.96. The first-order valence-corrected chi connectivity index (χ1v) is 9.98. The smallest absolute Gasteiger partial charge is 0.387 e. The molecule has 30 heavy (non-hydrogen) atoms. The third kappa shape index (κ3) is 6.21. The van der Waals surface area contributed by atoms with Gasteiger partial charge >= 0.3 is 6.61 Å². The Balaban J connectivity index is 1.51. The molecule has 1 heterocycles. The zero-order valence-corrected chi connectivity index (χ0v) is 17.4. The number of nitrogens with zero attached hydrogens (tertiary/aromatic N) is 2. The van der Waals surface area contributed by atoms with Crippen molar-refractivity contribution in [2.45, 2.75) is 13.0 Å². The Kier molecular flexibility index (Phi) is 7.70. The molecule has 1 amide bonds. The summed E-state index contributed by atoms with van der Waals surface area (Å²) >= 11 is 5.93. The maximum atomic E-state index is 12.4. The van der Waals surface area contributed by atoms with Gasteiger partial charge in [-0.05, 0) is 48.9 Å². The molecule has 1 aliphatic heterocycles. The Morgan fingerprint density at radius 1 is 1.13 bits per heavy atom. The summed E-state index contributed by atoms with van der Waals surface area (Å²) in [7, 11) is 1.64. The van der Waals surface area contributed by atoms with Crippen LogP contribution in [0.4, 0.5) is 20.2 Å². The molecule has 0 aliphatic carbocycles. The highest BCUT2D eigenvalue weighted by Crippen LogP contribution is 2.29. The molecule has 3 rings (SSSR count). The maximum Gasteiger partial charge on any atom is 0.387 e. The van der Waals surface area contributed by atoms with E-state index >= 15 is 0 Å². The van der Waals surface area contributed by atoms with Gasteiger partial charge in [-0.2, -0.15) is 8.78 Å². The fourth-order valence-electron chi connectivity index (χ4n) is 3.35. The van der Waals surface area contributed by atoms with E-state index in [2.05, 4.69) is 19.9 Å². The van der Waals surface area contributed by atoms with E-state index in [1.165, 1.54) is 18.2 Å². The van der Waals surface area contributed by atoms with Gasteiger partial charge < -0.3 is 19.7 Å². The van der Waals surface area contributed by atoms with Crippen LogP contribution < -0.4 is 19.7 Å². The van der Waals surface area contributed by atoms with Crippen molar-refractivity contribution in [3.8, 4) is 11.5 Å². The van der Waals surface area contributed by atoms with E-state index in [9.17, 15) is 13.6 Å². The fourth-order valence-corrected chi connectivity index (χ4v) is 3.58. The van der Waals surface area contributed by atoms with Gasteiger partial charge in [0.25, 0.3) is 0 Å². The van der Waals surface area contributed by atoms with Crippen molar-refractivity contribution in [1.82, 2.24) is 4.90 Å². The molecule has 0 bridgehead atoms. The van der Waals surface area contributed by atoms with Gasteiger partial charge in [0.1, 0.15) is 11.5 Å². The minimum absolute atomic E-state index is 0.0120. The second-order valence-electron chi connectivity index (χ2n) is 6.89. The number of nitrogens with one attached hydrogen (secondary N) is 1. The summed E-state index contributed by atoms with van der Waals surface area (Å²) in [6, 6.07) is 12.1. The summed E-state index contributed by atoms with van der Waals surface area (Å²) in [6.07, 6.45) is 0.935. The highest BCUT2D eigenvalue weighted by Gasteiger charge is 2.18. The van der Waals surface area contributed by atoms with Crippen LogP contribution in [-0.2, 0) is 4.79 Å². The average molecular weight is 440 g/mol. The van der Waals surface area contributed by atoms with E-state index < -0.39 is 6.61 Å². The van der Waals surface area contributed by atoms with E-state index in [0.29, 0.717) is 5.69 Å². The predicted molar refractivity (Wildman–Crippen MR) is 113 cm³/mol. The zero-order valence-electron chi connectivity index (χ0n) is 16.6. The largest absolute Gasteiger partial charge is 0.497 e. The zero-order chi connectivity index (χ0) is 21.5. The van der Waals surface area contributed by atoms with Gasteiger partial charge in [-0.1, -0.05) is 11.6 Å². The van der Waals surface area contributed by atoms with Crippen LogP contribution >= 0.6 is 11.6 Å². The molecule has 0 spiro atoms. The highest BCUT2D eigenvalue weighted by atomic mass is 35.5. The van der Waals surface area contributed by atoms with Crippen molar-refractivity contribution in [2.24, 2.45) is 0 Å². The number of hydrogen-bond donors (Lipinski definition) is 1. The SMILES string of the molecule is COc1ccc(N2CCCN(CC(=O)Nc3ccc(OC(F)F)c(Cl)c3)CC2)cc1. The van der Waals surface area contributed by atoms with Crippen LogP contribution in [0.15, 0.2) is 42.5 Å². The van der Waals surface area contributed by atoms with Gasteiger partial charge in [0, 0.05) is 37.6 Å². The van der Waals surface area contributed by atoms with Crippen LogP contribution in [0.2, 0.25) is 5.02 Å². The first-order chi connectivity index (χ1) is 14.4. The molecule has 9 heteroatoms. The lowest BCUT2D eigenvalue weighted by Gasteiger charge is -2.23. The van der Waals surface area contributed by atoms with Gasteiger partial charge in [-0.15, -0.1) is 0 Å². The number of rotatable bonds is 7. The topological polar surface area (TPSA) is 54.0 Å². The number of benzene rings is 2. The molecule has 0 atom stereocenters. The summed E-state index contributed by atoms with van der Waals surface area (Å²) in [5, 5.41) is 2.76. The Morgan fingerprint density at radius 2 is 1.90 bits per heavy atom. The van der Waals surface area contributed by atoms with Gasteiger partial charge in [0.2, 0.25) is 5.91 Å². The molecule has 2 aromatic carbocycles. The second kappa shape index (κ2) is 10.4. The number of amides is 1. The molecule has 1 saturated heterocycles. The number of anilines is 2. The quantitative estimate of drug-likeness (QED) is 0.704. The molecule has 1 aliphatic rings. The lowest BCUT2D eigenvalue weighted by molar-refractivity contribution is -0.117. The minimum Gasteiger partial charge on any atom is -0.497 e. The number of alkyl halides is 2. The maximum absolute atomic E-state index is 12.4. The van der Waals surface area contributed by atoms with Crippen LogP contribution in [0.3, 0.4) is 0 Å². The van der Waals surface area contributed by atoms with Crippen molar-refractivity contribution in [3.63, 3.8) is 0 Å². The Labute approximate surface area is 179 Å². The van der Waals surface area contributed by atoms with Gasteiger partial charge in [0.05, 0.1) is 18.7 Å². The lowest BCUT2D eigenvalue weighted by atomic mass is 10.2.